The summed E-state index contributed by atoms with van der Waals surface area (Å²) in [6.07, 6.45) is 1.47. The van der Waals surface area contributed by atoms with Gasteiger partial charge in [0.05, 0.1) is 24.0 Å². The Balaban J connectivity index is 1.61. The van der Waals surface area contributed by atoms with Gasteiger partial charge in [-0.15, -0.1) is 4.41 Å². The molecule has 0 aliphatic carbocycles. The van der Waals surface area contributed by atoms with Gasteiger partial charge in [0.15, 0.2) is 5.84 Å². The van der Waals surface area contributed by atoms with Crippen LogP contribution in [-0.4, -0.2) is 52.5 Å². The van der Waals surface area contributed by atoms with E-state index in [1.54, 1.807) is 38.3 Å². The summed E-state index contributed by atoms with van der Waals surface area (Å²) in [4.78, 5) is 16.5. The van der Waals surface area contributed by atoms with Gasteiger partial charge in [0, 0.05) is 24.2 Å². The third-order valence-electron chi connectivity index (χ3n) is 5.96. The van der Waals surface area contributed by atoms with Crippen molar-refractivity contribution >= 4 is 38.4 Å². The molecule has 2 aliphatic heterocycles. The number of amides is 1. The van der Waals surface area contributed by atoms with Crippen LogP contribution in [0.3, 0.4) is 0 Å². The third kappa shape index (κ3) is 3.19. The van der Waals surface area contributed by atoms with Crippen LogP contribution in [0, 0.1) is 5.92 Å². The average molecular weight is 480 g/mol. The Labute approximate surface area is 195 Å². The summed E-state index contributed by atoms with van der Waals surface area (Å²) in [6, 6.07) is 12.4. The molecule has 0 radical (unpaired) electrons. The van der Waals surface area contributed by atoms with E-state index in [9.17, 15) is 18.3 Å². The molecule has 1 N–H and O–H groups in total. The number of methoxy groups -OCH3 is 1. The fourth-order valence-corrected chi connectivity index (χ4v) is 5.88. The quantitative estimate of drug-likeness (QED) is 0.614. The molecule has 2 atom stereocenters. The molecule has 0 bridgehead atoms. The Morgan fingerprint density at radius 3 is 2.50 bits per heavy atom. The van der Waals surface area contributed by atoms with Gasteiger partial charge in [-0.1, -0.05) is 12.1 Å². The lowest BCUT2D eigenvalue weighted by atomic mass is 9.90. The van der Waals surface area contributed by atoms with Crippen LogP contribution in [0.5, 0.6) is 11.5 Å². The standard InChI is InChI=1S/C23H21N5O5S/c1-13-20-22(15-6-8-16(33-3)9-7-15)27(14(2)29)26-23(20)28(25-13)34(31,32)19-11-10-18(30)21-17(19)5-4-12-24-21/h4-12,20,22,30H,1-3H3. The zero-order valence-corrected chi connectivity index (χ0v) is 19.4. The molecule has 3 aromatic rings. The van der Waals surface area contributed by atoms with Crippen molar-refractivity contribution in [2.45, 2.75) is 24.8 Å². The molecule has 34 heavy (non-hydrogen) atoms. The van der Waals surface area contributed by atoms with Gasteiger partial charge < -0.3 is 9.84 Å². The highest BCUT2D eigenvalue weighted by Gasteiger charge is 2.51. The summed E-state index contributed by atoms with van der Waals surface area (Å²) in [6.45, 7) is 3.10. The maximum absolute atomic E-state index is 13.8. The van der Waals surface area contributed by atoms with Crippen LogP contribution in [-0.2, 0) is 14.8 Å². The number of pyridine rings is 1. The maximum Gasteiger partial charge on any atom is 0.285 e. The molecule has 10 nitrogen and oxygen atoms in total. The van der Waals surface area contributed by atoms with Gasteiger partial charge in [-0.2, -0.15) is 18.6 Å². The first-order valence-corrected chi connectivity index (χ1v) is 11.9. The van der Waals surface area contributed by atoms with Crippen LogP contribution < -0.4 is 4.74 Å². The predicted octanol–water partition coefficient (Wildman–Crippen LogP) is 2.86. The molecule has 2 aliphatic rings. The van der Waals surface area contributed by atoms with Crippen LogP contribution in [0.15, 0.2) is 69.8 Å². The number of rotatable bonds is 4. The SMILES string of the molecule is COc1ccc(C2C3C(C)=NN(S(=O)(=O)c4ccc(O)c5ncccc45)C3=NN2C(C)=O)cc1. The molecule has 0 fully saturated rings. The average Bonchev–Trinajstić information content (AvgIpc) is 3.38. The first-order chi connectivity index (χ1) is 16.2. The van der Waals surface area contributed by atoms with Crippen LogP contribution in [0.1, 0.15) is 25.5 Å². The number of hydrazone groups is 2. The monoisotopic (exact) mass is 479 g/mol. The Morgan fingerprint density at radius 1 is 1.09 bits per heavy atom. The van der Waals surface area contributed by atoms with Crippen LogP contribution in [0.2, 0.25) is 0 Å². The van der Waals surface area contributed by atoms with Gasteiger partial charge >= 0.3 is 0 Å². The number of phenolic OH excluding ortho intramolecular Hbond substituents is 1. The highest BCUT2D eigenvalue weighted by atomic mass is 32.2. The van der Waals surface area contributed by atoms with E-state index < -0.39 is 22.0 Å². The summed E-state index contributed by atoms with van der Waals surface area (Å²) in [7, 11) is -2.67. The van der Waals surface area contributed by atoms with E-state index in [2.05, 4.69) is 15.2 Å². The lowest BCUT2D eigenvalue weighted by Gasteiger charge is -2.24. The number of phenols is 1. The van der Waals surface area contributed by atoms with E-state index >= 15 is 0 Å². The summed E-state index contributed by atoms with van der Waals surface area (Å²) in [5.74, 6) is -0.209. The van der Waals surface area contributed by atoms with Gasteiger partial charge in [-0.3, -0.25) is 9.78 Å². The zero-order valence-electron chi connectivity index (χ0n) is 18.6. The molecule has 3 heterocycles. The molecule has 2 aromatic carbocycles. The molecule has 174 valence electrons. The smallest absolute Gasteiger partial charge is 0.285 e. The van der Waals surface area contributed by atoms with Crippen molar-refractivity contribution in [1.29, 1.82) is 0 Å². The number of benzene rings is 2. The van der Waals surface area contributed by atoms with Crippen LogP contribution in [0.4, 0.5) is 0 Å². The van der Waals surface area contributed by atoms with Gasteiger partial charge in [0.1, 0.15) is 17.0 Å². The zero-order chi connectivity index (χ0) is 24.2. The van der Waals surface area contributed by atoms with Crippen molar-refractivity contribution in [1.82, 2.24) is 14.4 Å². The number of amidine groups is 1. The van der Waals surface area contributed by atoms with E-state index in [0.717, 1.165) is 9.98 Å². The van der Waals surface area contributed by atoms with E-state index in [0.29, 0.717) is 11.5 Å². The van der Waals surface area contributed by atoms with Crippen molar-refractivity contribution in [3.63, 3.8) is 0 Å². The van der Waals surface area contributed by atoms with E-state index in [4.69, 9.17) is 4.74 Å². The minimum Gasteiger partial charge on any atom is -0.506 e. The number of hydrogen-bond donors (Lipinski definition) is 1. The first kappa shape index (κ1) is 21.8. The summed E-state index contributed by atoms with van der Waals surface area (Å²) in [5.41, 5.74) is 1.44. The minimum atomic E-state index is -4.23. The minimum absolute atomic E-state index is 0.0735. The number of carbonyl (C=O) groups is 1. The summed E-state index contributed by atoms with van der Waals surface area (Å²) < 4.78 is 33.6. The Kier molecular flexibility index (Phi) is 5.01. The number of nitrogens with zero attached hydrogens (tertiary/aromatic N) is 5. The Morgan fingerprint density at radius 2 is 1.82 bits per heavy atom. The van der Waals surface area contributed by atoms with Crippen molar-refractivity contribution in [3.05, 3.63) is 60.3 Å². The predicted molar refractivity (Wildman–Crippen MR) is 125 cm³/mol. The van der Waals surface area contributed by atoms with Crippen LogP contribution >= 0.6 is 0 Å². The topological polar surface area (TPSA) is 125 Å². The van der Waals surface area contributed by atoms with Gasteiger partial charge in [-0.25, -0.2) is 5.01 Å². The van der Waals surface area contributed by atoms with Crippen molar-refractivity contribution in [3.8, 4) is 11.5 Å². The number of sulfonamides is 1. The molecule has 0 spiro atoms. The lowest BCUT2D eigenvalue weighted by Crippen LogP contribution is -2.33. The fourth-order valence-electron chi connectivity index (χ4n) is 4.37. The third-order valence-corrected chi connectivity index (χ3v) is 7.59. The second-order valence-corrected chi connectivity index (χ2v) is 9.73. The molecule has 5 rings (SSSR count). The van der Waals surface area contributed by atoms with Crippen molar-refractivity contribution in [2.24, 2.45) is 16.1 Å². The molecule has 1 aromatic heterocycles. The largest absolute Gasteiger partial charge is 0.506 e. The summed E-state index contributed by atoms with van der Waals surface area (Å²) in [5, 5.41) is 20.4. The summed E-state index contributed by atoms with van der Waals surface area (Å²) >= 11 is 0. The first-order valence-electron chi connectivity index (χ1n) is 10.4. The molecular formula is C23H21N5O5S. The number of aromatic hydroxyl groups is 1. The normalized spacial score (nSPS) is 19.7. The Hall–Kier alpha value is -3.99. The van der Waals surface area contributed by atoms with E-state index in [1.807, 2.05) is 12.1 Å². The number of fused-ring (bicyclic) bond motifs is 2. The Bertz CT molecular complexity index is 1480. The van der Waals surface area contributed by atoms with Gasteiger partial charge in [0.25, 0.3) is 10.0 Å². The number of ether oxygens (including phenoxy) is 1. The van der Waals surface area contributed by atoms with Crippen molar-refractivity contribution < 1.29 is 23.1 Å². The van der Waals surface area contributed by atoms with E-state index in [-0.39, 0.29) is 33.3 Å². The number of aromatic nitrogens is 1. The second kappa shape index (κ2) is 7.80. The molecule has 11 heteroatoms. The van der Waals surface area contributed by atoms with E-state index in [1.165, 1.54) is 30.3 Å². The molecule has 1 amide bonds. The van der Waals surface area contributed by atoms with Crippen LogP contribution in [0.25, 0.3) is 10.9 Å². The molecule has 2 unspecified atom stereocenters. The van der Waals surface area contributed by atoms with Gasteiger partial charge in [-0.05, 0) is 48.9 Å². The molecule has 0 saturated heterocycles. The number of carbonyl (C=O) groups excluding carboxylic acids is 1. The van der Waals surface area contributed by atoms with Crippen molar-refractivity contribution in [2.75, 3.05) is 7.11 Å². The highest BCUT2D eigenvalue weighted by molar-refractivity contribution is 7.90. The molecular weight excluding hydrogens is 458 g/mol. The highest BCUT2D eigenvalue weighted by Crippen LogP contribution is 2.43. The lowest BCUT2D eigenvalue weighted by molar-refractivity contribution is -0.130. The second-order valence-electron chi connectivity index (χ2n) is 7.99. The maximum atomic E-state index is 13.8. The fraction of sp³-hybridized carbons (Fsp3) is 0.217. The number of hydrogen-bond acceptors (Lipinski definition) is 8. The van der Waals surface area contributed by atoms with Gasteiger partial charge in [0.2, 0.25) is 5.91 Å². The molecule has 0 saturated carbocycles.